The first kappa shape index (κ1) is 12.4. The summed E-state index contributed by atoms with van der Waals surface area (Å²) in [6, 6.07) is 1.94. The van der Waals surface area contributed by atoms with Crippen LogP contribution >= 0.6 is 0 Å². The number of hydrogen-bond donors (Lipinski definition) is 1. The summed E-state index contributed by atoms with van der Waals surface area (Å²) in [6.45, 7) is 0.985. The maximum atomic E-state index is 11.5. The van der Waals surface area contributed by atoms with E-state index in [1.807, 2.05) is 24.5 Å². The van der Waals surface area contributed by atoms with Gasteiger partial charge >= 0.3 is 0 Å². The van der Waals surface area contributed by atoms with Gasteiger partial charge in [-0.1, -0.05) is 6.08 Å². The summed E-state index contributed by atoms with van der Waals surface area (Å²) in [5.41, 5.74) is 3.35. The molecule has 0 atom stereocenters. The molecule has 2 aromatic heterocycles. The van der Waals surface area contributed by atoms with Gasteiger partial charge in [0.1, 0.15) is 0 Å². The number of nitrogens with zero attached hydrogens (tertiary/aromatic N) is 2. The van der Waals surface area contributed by atoms with Gasteiger partial charge in [0, 0.05) is 48.1 Å². The van der Waals surface area contributed by atoms with Crippen molar-refractivity contribution in [2.75, 3.05) is 19.3 Å². The van der Waals surface area contributed by atoms with E-state index >= 15 is 0 Å². The van der Waals surface area contributed by atoms with Crippen LogP contribution in [-0.4, -0.2) is 42.0 Å². The predicted octanol–water partition coefficient (Wildman–Crippen LogP) is 1.61. The number of nitrogens with one attached hydrogen (secondary N) is 1. The first-order valence-electron chi connectivity index (χ1n) is 6.11. The van der Waals surface area contributed by atoms with Gasteiger partial charge in [0.25, 0.3) is 0 Å². The minimum Gasteiger partial charge on any atom is -0.360 e. The molecule has 100 valence electrons. The highest BCUT2D eigenvalue weighted by molar-refractivity contribution is 7.88. The monoisotopic (exact) mass is 277 g/mol. The van der Waals surface area contributed by atoms with Crippen molar-refractivity contribution in [3.63, 3.8) is 0 Å². The van der Waals surface area contributed by atoms with Crippen molar-refractivity contribution in [3.05, 3.63) is 36.3 Å². The molecule has 6 heteroatoms. The highest BCUT2D eigenvalue weighted by Crippen LogP contribution is 2.29. The van der Waals surface area contributed by atoms with Crippen LogP contribution in [0.2, 0.25) is 0 Å². The second-order valence-electron chi connectivity index (χ2n) is 4.72. The van der Waals surface area contributed by atoms with Gasteiger partial charge in [-0.25, -0.2) is 8.42 Å². The Kier molecular flexibility index (Phi) is 2.91. The fourth-order valence-corrected chi connectivity index (χ4v) is 3.19. The zero-order valence-corrected chi connectivity index (χ0v) is 11.4. The fourth-order valence-electron chi connectivity index (χ4n) is 2.42. The zero-order chi connectivity index (χ0) is 13.5. The third-order valence-corrected chi connectivity index (χ3v) is 4.74. The number of aromatic amines is 1. The van der Waals surface area contributed by atoms with E-state index in [0.717, 1.165) is 22.9 Å². The van der Waals surface area contributed by atoms with E-state index in [0.29, 0.717) is 13.1 Å². The number of sulfonamides is 1. The summed E-state index contributed by atoms with van der Waals surface area (Å²) in [5, 5.41) is 1.08. The summed E-state index contributed by atoms with van der Waals surface area (Å²) in [7, 11) is -3.09. The van der Waals surface area contributed by atoms with Crippen LogP contribution < -0.4 is 0 Å². The van der Waals surface area contributed by atoms with Crippen molar-refractivity contribution < 1.29 is 8.42 Å². The van der Waals surface area contributed by atoms with Crippen molar-refractivity contribution in [2.45, 2.75) is 6.42 Å². The molecule has 0 radical (unpaired) electrons. The van der Waals surface area contributed by atoms with Crippen LogP contribution in [0.15, 0.2) is 30.7 Å². The van der Waals surface area contributed by atoms with E-state index < -0.39 is 10.0 Å². The lowest BCUT2D eigenvalue weighted by Gasteiger charge is -2.24. The molecule has 0 spiro atoms. The highest BCUT2D eigenvalue weighted by Gasteiger charge is 2.21. The number of hydrogen-bond acceptors (Lipinski definition) is 3. The molecule has 1 aliphatic rings. The summed E-state index contributed by atoms with van der Waals surface area (Å²) in [4.78, 5) is 7.36. The van der Waals surface area contributed by atoms with Crippen molar-refractivity contribution in [2.24, 2.45) is 0 Å². The molecule has 0 aliphatic carbocycles. The van der Waals surface area contributed by atoms with Crippen molar-refractivity contribution in [1.29, 1.82) is 0 Å². The van der Waals surface area contributed by atoms with E-state index in [-0.39, 0.29) is 0 Å². The molecule has 0 fully saturated rings. The Hall–Kier alpha value is -1.66. The van der Waals surface area contributed by atoms with Gasteiger partial charge in [0.2, 0.25) is 10.0 Å². The number of rotatable bonds is 2. The van der Waals surface area contributed by atoms with Gasteiger partial charge in [-0.05, 0) is 18.1 Å². The van der Waals surface area contributed by atoms with Gasteiger partial charge in [0.15, 0.2) is 0 Å². The van der Waals surface area contributed by atoms with Gasteiger partial charge in [-0.15, -0.1) is 0 Å². The minimum atomic E-state index is -3.09. The summed E-state index contributed by atoms with van der Waals surface area (Å²) in [6.07, 6.45) is 9.53. The molecule has 3 heterocycles. The quantitative estimate of drug-likeness (QED) is 0.907. The lowest BCUT2D eigenvalue weighted by molar-refractivity contribution is 0.446. The molecule has 1 N–H and O–H groups in total. The summed E-state index contributed by atoms with van der Waals surface area (Å²) >= 11 is 0. The van der Waals surface area contributed by atoms with Crippen LogP contribution in [-0.2, 0) is 10.0 Å². The molecule has 1 aliphatic heterocycles. The third-order valence-electron chi connectivity index (χ3n) is 3.47. The molecule has 0 bridgehead atoms. The standard InChI is InChI=1S/C13H15N3O2S/c1-19(17,18)16-6-3-10(4-7-16)11-9-15-13-2-5-14-8-12(11)13/h2-3,5,8-9,15H,4,6-7H2,1H3. The Morgan fingerprint density at radius 1 is 1.42 bits per heavy atom. The molecule has 0 saturated heterocycles. The minimum absolute atomic E-state index is 0.446. The van der Waals surface area contributed by atoms with E-state index in [1.54, 1.807) is 6.20 Å². The van der Waals surface area contributed by atoms with Crippen molar-refractivity contribution in [3.8, 4) is 0 Å². The van der Waals surface area contributed by atoms with Crippen LogP contribution in [0.25, 0.3) is 16.5 Å². The predicted molar refractivity (Wildman–Crippen MR) is 75.1 cm³/mol. The van der Waals surface area contributed by atoms with Crippen molar-refractivity contribution >= 4 is 26.5 Å². The molecule has 2 aromatic rings. The highest BCUT2D eigenvalue weighted by atomic mass is 32.2. The van der Waals surface area contributed by atoms with Gasteiger partial charge < -0.3 is 4.98 Å². The Morgan fingerprint density at radius 3 is 2.95 bits per heavy atom. The van der Waals surface area contributed by atoms with Crippen LogP contribution in [0.5, 0.6) is 0 Å². The first-order valence-corrected chi connectivity index (χ1v) is 7.96. The molecule has 0 aromatic carbocycles. The normalized spacial score (nSPS) is 17.6. The van der Waals surface area contributed by atoms with Gasteiger partial charge in [-0.2, -0.15) is 4.31 Å². The Morgan fingerprint density at radius 2 is 2.26 bits per heavy atom. The van der Waals surface area contributed by atoms with E-state index in [2.05, 4.69) is 9.97 Å². The van der Waals surface area contributed by atoms with Crippen LogP contribution in [0.3, 0.4) is 0 Å². The molecule has 19 heavy (non-hydrogen) atoms. The summed E-state index contributed by atoms with van der Waals surface area (Å²) < 4.78 is 24.4. The molecule has 0 amide bonds. The number of fused-ring (bicyclic) bond motifs is 1. The summed E-state index contributed by atoms with van der Waals surface area (Å²) in [5.74, 6) is 0. The van der Waals surface area contributed by atoms with Crippen molar-refractivity contribution in [1.82, 2.24) is 14.3 Å². The fraction of sp³-hybridized carbons (Fsp3) is 0.308. The van der Waals surface area contributed by atoms with Crippen LogP contribution in [0.4, 0.5) is 0 Å². The smallest absolute Gasteiger partial charge is 0.211 e. The number of aromatic nitrogens is 2. The average molecular weight is 277 g/mol. The lowest BCUT2D eigenvalue weighted by atomic mass is 10.0. The zero-order valence-electron chi connectivity index (χ0n) is 10.6. The molecule has 0 saturated carbocycles. The van der Waals surface area contributed by atoms with Crippen LogP contribution in [0.1, 0.15) is 12.0 Å². The molecular formula is C13H15N3O2S. The van der Waals surface area contributed by atoms with Gasteiger partial charge in [0.05, 0.1) is 6.26 Å². The molecule has 5 nitrogen and oxygen atoms in total. The molecular weight excluding hydrogens is 262 g/mol. The molecule has 0 unspecified atom stereocenters. The van der Waals surface area contributed by atoms with E-state index in [9.17, 15) is 8.42 Å². The number of H-pyrrole nitrogens is 1. The second-order valence-corrected chi connectivity index (χ2v) is 6.71. The second kappa shape index (κ2) is 4.47. The lowest BCUT2D eigenvalue weighted by Crippen LogP contribution is -2.33. The topological polar surface area (TPSA) is 66.1 Å². The Balaban J connectivity index is 1.94. The SMILES string of the molecule is CS(=O)(=O)N1CC=C(c2c[nH]c3ccncc23)CC1. The molecule has 3 rings (SSSR count). The maximum Gasteiger partial charge on any atom is 0.211 e. The van der Waals surface area contributed by atoms with E-state index in [1.165, 1.54) is 16.1 Å². The van der Waals surface area contributed by atoms with Crippen LogP contribution in [0, 0.1) is 0 Å². The Labute approximate surface area is 112 Å². The Bertz CT molecular complexity index is 746. The van der Waals surface area contributed by atoms with Gasteiger partial charge in [-0.3, -0.25) is 4.98 Å². The third kappa shape index (κ3) is 2.29. The maximum absolute atomic E-state index is 11.5. The average Bonchev–Trinajstić information content (AvgIpc) is 2.82. The largest absolute Gasteiger partial charge is 0.360 e. The van der Waals surface area contributed by atoms with E-state index in [4.69, 9.17) is 0 Å². The number of pyridine rings is 1. The first-order chi connectivity index (χ1) is 9.05.